The molecule has 0 spiro atoms. The van der Waals surface area contributed by atoms with Crippen LogP contribution in [0.15, 0.2) is 48.5 Å². The van der Waals surface area contributed by atoms with E-state index in [1.54, 1.807) is 0 Å². The molecule has 0 atom stereocenters. The van der Waals surface area contributed by atoms with Crippen molar-refractivity contribution in [3.8, 4) is 0 Å². The van der Waals surface area contributed by atoms with Crippen LogP contribution in [-0.2, 0) is 22.5 Å². The zero-order chi connectivity index (χ0) is 19.0. The smallest absolute Gasteiger partial charge is 0.285 e. The van der Waals surface area contributed by atoms with Crippen LogP contribution in [0.1, 0.15) is 27.5 Å². The van der Waals surface area contributed by atoms with Gasteiger partial charge in [0.05, 0.1) is 11.1 Å². The predicted molar refractivity (Wildman–Crippen MR) is 76.3 cm³/mol. The fourth-order valence-corrected chi connectivity index (χ4v) is 3.23. The molecule has 2 aromatic carbocycles. The highest BCUT2D eigenvalue weighted by Gasteiger charge is 2.34. The van der Waals surface area contributed by atoms with Gasteiger partial charge in [0.1, 0.15) is 5.25 Å². The fourth-order valence-electron chi connectivity index (χ4n) is 2.23. The maximum Gasteiger partial charge on any atom is 0.416 e. The normalized spacial score (nSPS) is 13.3. The number of halogens is 6. The van der Waals surface area contributed by atoms with E-state index in [0.29, 0.717) is 24.3 Å². The molecular formula is C15H10F6O3S. The minimum atomic E-state index is -4.83. The molecule has 10 heteroatoms. The summed E-state index contributed by atoms with van der Waals surface area (Å²) >= 11 is 0. The molecule has 0 aliphatic heterocycles. The van der Waals surface area contributed by atoms with Gasteiger partial charge in [0.2, 0.25) is 0 Å². The summed E-state index contributed by atoms with van der Waals surface area (Å²) in [7, 11) is -4.83. The summed E-state index contributed by atoms with van der Waals surface area (Å²) in [6.45, 7) is 0. The molecule has 3 nitrogen and oxygen atoms in total. The number of alkyl halides is 6. The number of rotatable bonds is 3. The molecule has 2 rings (SSSR count). The van der Waals surface area contributed by atoms with Crippen LogP contribution in [0.4, 0.5) is 26.3 Å². The van der Waals surface area contributed by atoms with E-state index < -0.39 is 38.8 Å². The molecule has 1 N–H and O–H groups in total. The number of hydrogen-bond donors (Lipinski definition) is 1. The van der Waals surface area contributed by atoms with Crippen LogP contribution in [0.3, 0.4) is 0 Å². The van der Waals surface area contributed by atoms with E-state index in [2.05, 4.69) is 0 Å². The highest BCUT2D eigenvalue weighted by atomic mass is 32.2. The first-order valence-corrected chi connectivity index (χ1v) is 8.11. The first-order chi connectivity index (χ1) is 11.3. The average Bonchev–Trinajstić information content (AvgIpc) is 2.45. The van der Waals surface area contributed by atoms with Crippen molar-refractivity contribution in [2.45, 2.75) is 17.6 Å². The lowest BCUT2D eigenvalue weighted by Crippen LogP contribution is -2.15. The number of benzene rings is 2. The van der Waals surface area contributed by atoms with Gasteiger partial charge >= 0.3 is 12.4 Å². The highest BCUT2D eigenvalue weighted by molar-refractivity contribution is 7.86. The van der Waals surface area contributed by atoms with Crippen LogP contribution in [0, 0.1) is 0 Å². The Morgan fingerprint density at radius 3 is 1.16 bits per heavy atom. The van der Waals surface area contributed by atoms with Gasteiger partial charge in [-0.15, -0.1) is 0 Å². The van der Waals surface area contributed by atoms with Crippen LogP contribution < -0.4 is 0 Å². The van der Waals surface area contributed by atoms with E-state index in [-0.39, 0.29) is 11.1 Å². The van der Waals surface area contributed by atoms with Crippen LogP contribution in [0.5, 0.6) is 0 Å². The van der Waals surface area contributed by atoms with E-state index in [9.17, 15) is 39.3 Å². The average molecular weight is 384 g/mol. The van der Waals surface area contributed by atoms with Crippen molar-refractivity contribution in [2.75, 3.05) is 0 Å². The second kappa shape index (κ2) is 6.34. The topological polar surface area (TPSA) is 54.4 Å². The summed E-state index contributed by atoms with van der Waals surface area (Å²) in [5.74, 6) is 0. The van der Waals surface area contributed by atoms with Crippen molar-refractivity contribution >= 4 is 10.1 Å². The van der Waals surface area contributed by atoms with E-state index >= 15 is 0 Å². The van der Waals surface area contributed by atoms with Crippen molar-refractivity contribution in [3.63, 3.8) is 0 Å². The molecule has 25 heavy (non-hydrogen) atoms. The summed E-state index contributed by atoms with van der Waals surface area (Å²) in [6.07, 6.45) is -9.28. The maximum absolute atomic E-state index is 12.6. The predicted octanol–water partition coefficient (Wildman–Crippen LogP) is 4.70. The molecule has 0 heterocycles. The zero-order valence-corrected chi connectivity index (χ0v) is 13.0. The summed E-state index contributed by atoms with van der Waals surface area (Å²) in [5, 5.41) is -1.81. The molecule has 0 saturated heterocycles. The van der Waals surface area contributed by atoms with E-state index in [4.69, 9.17) is 0 Å². The molecule has 0 unspecified atom stereocenters. The molecule has 2 aromatic rings. The Bertz CT molecular complexity index is 779. The molecule has 0 aliphatic carbocycles. The van der Waals surface area contributed by atoms with Gasteiger partial charge in [-0.25, -0.2) is 0 Å². The Morgan fingerprint density at radius 1 is 0.680 bits per heavy atom. The first kappa shape index (κ1) is 19.3. The number of hydrogen-bond acceptors (Lipinski definition) is 2. The molecule has 0 aliphatic rings. The van der Waals surface area contributed by atoms with Gasteiger partial charge in [-0.1, -0.05) is 24.3 Å². The Morgan fingerprint density at radius 2 is 0.960 bits per heavy atom. The van der Waals surface area contributed by atoms with Gasteiger partial charge in [-0.3, -0.25) is 4.55 Å². The molecule has 0 radical (unpaired) electrons. The molecular weight excluding hydrogens is 374 g/mol. The van der Waals surface area contributed by atoms with Crippen molar-refractivity contribution in [2.24, 2.45) is 0 Å². The summed E-state index contributed by atoms with van der Waals surface area (Å²) < 4.78 is 108. The Balaban J connectivity index is 2.48. The van der Waals surface area contributed by atoms with E-state index in [1.165, 1.54) is 0 Å². The van der Waals surface area contributed by atoms with Crippen LogP contribution in [0.25, 0.3) is 0 Å². The lowest BCUT2D eigenvalue weighted by atomic mass is 10.0. The van der Waals surface area contributed by atoms with Crippen LogP contribution in [-0.4, -0.2) is 13.0 Å². The van der Waals surface area contributed by atoms with E-state index in [0.717, 1.165) is 24.3 Å². The minimum absolute atomic E-state index is 0.213. The van der Waals surface area contributed by atoms with Crippen LogP contribution in [0.2, 0.25) is 0 Å². The molecule has 0 saturated carbocycles. The standard InChI is InChI=1S/C15H10F6O3S/c16-14(17,18)11-5-1-9(2-6-11)13(25(22,23)24)10-3-7-12(8-4-10)15(19,20)21/h1-8,13H,(H,22,23,24). The monoisotopic (exact) mass is 384 g/mol. The SMILES string of the molecule is O=S(=O)(O)C(c1ccc(C(F)(F)F)cc1)c1ccc(C(F)(F)F)cc1. The minimum Gasteiger partial charge on any atom is -0.285 e. The summed E-state index contributed by atoms with van der Waals surface area (Å²) in [6, 6.07) is 5.88. The van der Waals surface area contributed by atoms with E-state index in [1.807, 2.05) is 0 Å². The Labute approximate surface area is 138 Å². The van der Waals surface area contributed by atoms with Gasteiger partial charge in [0.25, 0.3) is 10.1 Å². The molecule has 0 bridgehead atoms. The molecule has 136 valence electrons. The Kier molecular flexibility index (Phi) is 4.88. The third-order valence-corrected chi connectivity index (χ3v) is 4.52. The van der Waals surface area contributed by atoms with Gasteiger partial charge in [0, 0.05) is 0 Å². The lowest BCUT2D eigenvalue weighted by molar-refractivity contribution is -0.138. The Hall–Kier alpha value is -2.07. The van der Waals surface area contributed by atoms with Gasteiger partial charge < -0.3 is 0 Å². The summed E-state index contributed by atoms with van der Waals surface area (Å²) in [5.41, 5.74) is -2.49. The highest BCUT2D eigenvalue weighted by Crippen LogP contribution is 2.35. The zero-order valence-electron chi connectivity index (χ0n) is 12.1. The quantitative estimate of drug-likeness (QED) is 0.617. The van der Waals surface area contributed by atoms with Gasteiger partial charge in [0.15, 0.2) is 0 Å². The van der Waals surface area contributed by atoms with Gasteiger partial charge in [-0.05, 0) is 35.4 Å². The van der Waals surface area contributed by atoms with Crippen molar-refractivity contribution in [1.29, 1.82) is 0 Å². The molecule has 0 aromatic heterocycles. The molecule has 0 amide bonds. The second-order valence-electron chi connectivity index (χ2n) is 5.13. The third-order valence-electron chi connectivity index (χ3n) is 3.38. The maximum atomic E-state index is 12.6. The third kappa shape index (κ3) is 4.51. The lowest BCUT2D eigenvalue weighted by Gasteiger charge is -2.17. The fraction of sp³-hybridized carbons (Fsp3) is 0.200. The first-order valence-electron chi connectivity index (χ1n) is 6.61. The largest absolute Gasteiger partial charge is 0.416 e. The summed E-state index contributed by atoms with van der Waals surface area (Å²) in [4.78, 5) is 0. The van der Waals surface area contributed by atoms with Crippen molar-refractivity contribution in [1.82, 2.24) is 0 Å². The second-order valence-corrected chi connectivity index (χ2v) is 6.64. The van der Waals surface area contributed by atoms with Gasteiger partial charge in [-0.2, -0.15) is 34.8 Å². The van der Waals surface area contributed by atoms with Crippen LogP contribution >= 0.6 is 0 Å². The molecule has 0 fully saturated rings. The van der Waals surface area contributed by atoms with Crippen molar-refractivity contribution in [3.05, 3.63) is 70.8 Å². The van der Waals surface area contributed by atoms with Crippen molar-refractivity contribution < 1.29 is 39.3 Å².